The average Bonchev–Trinajstić information content (AvgIpc) is 2.93. The summed E-state index contributed by atoms with van der Waals surface area (Å²) < 4.78 is 0. The third kappa shape index (κ3) is 4.56. The fourth-order valence-corrected chi connectivity index (χ4v) is 4.89. The van der Waals surface area contributed by atoms with Crippen molar-refractivity contribution < 1.29 is 9.59 Å². The molecule has 0 atom stereocenters. The smallest absolute Gasteiger partial charge is 0.283 e. The fraction of sp³-hybridized carbons (Fsp3) is 0.120. The average molecular weight is 483 g/mol. The molecule has 1 N–H and O–H groups in total. The summed E-state index contributed by atoms with van der Waals surface area (Å²) in [5, 5.41) is 4.35. The molecule has 4 rings (SSSR count). The lowest BCUT2D eigenvalue weighted by Gasteiger charge is -2.18. The van der Waals surface area contributed by atoms with E-state index in [4.69, 9.17) is 23.2 Å². The molecule has 1 heterocycles. The molecule has 0 unspecified atom stereocenters. The Morgan fingerprint density at radius 3 is 2.03 bits per heavy atom. The number of hydrogen-bond acceptors (Lipinski definition) is 4. The second-order valence-electron chi connectivity index (χ2n) is 7.64. The number of thioether (sulfide) groups is 1. The molecule has 1 aliphatic rings. The van der Waals surface area contributed by atoms with Gasteiger partial charge < -0.3 is 5.32 Å². The van der Waals surface area contributed by atoms with Crippen LogP contribution in [0.3, 0.4) is 0 Å². The predicted molar refractivity (Wildman–Crippen MR) is 133 cm³/mol. The maximum atomic E-state index is 13.5. The van der Waals surface area contributed by atoms with Crippen molar-refractivity contribution in [2.45, 2.75) is 25.7 Å². The SMILES string of the molecule is Cc1cc(C)cc(NC2=C(Sc3ccc(Cl)cc3)C(=O)N(c3ccc(Cl)cc3C)C2=O)c1. The fourth-order valence-electron chi connectivity index (χ4n) is 3.61. The first kappa shape index (κ1) is 22.5. The van der Waals surface area contributed by atoms with Crippen molar-refractivity contribution >= 4 is 58.2 Å². The van der Waals surface area contributed by atoms with Crippen molar-refractivity contribution in [3.05, 3.63) is 98.0 Å². The van der Waals surface area contributed by atoms with E-state index in [1.54, 1.807) is 30.3 Å². The monoisotopic (exact) mass is 482 g/mol. The van der Waals surface area contributed by atoms with Crippen LogP contribution in [0.5, 0.6) is 0 Å². The van der Waals surface area contributed by atoms with E-state index in [1.165, 1.54) is 16.7 Å². The van der Waals surface area contributed by atoms with E-state index >= 15 is 0 Å². The topological polar surface area (TPSA) is 49.4 Å². The lowest BCUT2D eigenvalue weighted by molar-refractivity contribution is -0.120. The van der Waals surface area contributed by atoms with E-state index in [9.17, 15) is 9.59 Å². The van der Waals surface area contributed by atoms with Gasteiger partial charge in [0.05, 0.1) is 5.69 Å². The zero-order valence-corrected chi connectivity index (χ0v) is 20.0. The Kier molecular flexibility index (Phi) is 6.33. The zero-order valence-electron chi connectivity index (χ0n) is 17.7. The number of nitrogens with zero attached hydrogens (tertiary/aromatic N) is 1. The van der Waals surface area contributed by atoms with Gasteiger partial charge in [-0.1, -0.05) is 41.0 Å². The molecule has 0 spiro atoms. The van der Waals surface area contributed by atoms with Crippen molar-refractivity contribution in [2.24, 2.45) is 0 Å². The van der Waals surface area contributed by atoms with Gasteiger partial charge in [0, 0.05) is 20.6 Å². The number of hydrogen-bond donors (Lipinski definition) is 1. The van der Waals surface area contributed by atoms with Crippen LogP contribution in [-0.2, 0) is 9.59 Å². The molecule has 0 fully saturated rings. The van der Waals surface area contributed by atoms with E-state index in [0.717, 1.165) is 27.3 Å². The summed E-state index contributed by atoms with van der Waals surface area (Å²) in [4.78, 5) is 29.3. The molecule has 1 aliphatic heterocycles. The van der Waals surface area contributed by atoms with Crippen LogP contribution in [0.15, 0.2) is 76.2 Å². The van der Waals surface area contributed by atoms with E-state index in [2.05, 4.69) is 5.32 Å². The second-order valence-corrected chi connectivity index (χ2v) is 9.59. The summed E-state index contributed by atoms with van der Waals surface area (Å²) in [5.74, 6) is -0.789. The summed E-state index contributed by atoms with van der Waals surface area (Å²) in [6.07, 6.45) is 0. The number of rotatable bonds is 5. The lowest BCUT2D eigenvalue weighted by Crippen LogP contribution is -2.33. The second kappa shape index (κ2) is 9.02. The summed E-state index contributed by atoms with van der Waals surface area (Å²) in [6.45, 7) is 5.80. The Hall–Kier alpha value is -2.73. The molecule has 3 aromatic rings. The molecule has 0 bridgehead atoms. The van der Waals surface area contributed by atoms with Gasteiger partial charge in [-0.15, -0.1) is 0 Å². The normalized spacial score (nSPS) is 13.8. The minimum atomic E-state index is -0.406. The molecular formula is C25H20Cl2N2O2S. The van der Waals surface area contributed by atoms with Crippen molar-refractivity contribution in [3.63, 3.8) is 0 Å². The Bertz CT molecular complexity index is 1250. The first-order valence-electron chi connectivity index (χ1n) is 9.91. The maximum Gasteiger partial charge on any atom is 0.283 e. The largest absolute Gasteiger partial charge is 0.350 e. The van der Waals surface area contributed by atoms with Crippen LogP contribution in [0.4, 0.5) is 11.4 Å². The van der Waals surface area contributed by atoms with Crippen LogP contribution < -0.4 is 10.2 Å². The number of carbonyl (C=O) groups is 2. The minimum absolute atomic E-state index is 0.245. The third-order valence-corrected chi connectivity index (χ3v) is 6.54. The van der Waals surface area contributed by atoms with Crippen LogP contribution in [0, 0.1) is 20.8 Å². The highest BCUT2D eigenvalue weighted by Gasteiger charge is 2.40. The molecule has 0 aliphatic carbocycles. The molecule has 0 aromatic heterocycles. The highest BCUT2D eigenvalue weighted by Crippen LogP contribution is 2.39. The summed E-state index contributed by atoms with van der Waals surface area (Å²) >= 11 is 13.3. The van der Waals surface area contributed by atoms with Gasteiger partial charge in [0.2, 0.25) is 0 Å². The van der Waals surface area contributed by atoms with Crippen LogP contribution in [0.2, 0.25) is 10.0 Å². The number of imide groups is 1. The highest BCUT2D eigenvalue weighted by atomic mass is 35.5. The molecule has 0 saturated heterocycles. The first-order valence-corrected chi connectivity index (χ1v) is 11.5. The minimum Gasteiger partial charge on any atom is -0.350 e. The number of halogens is 2. The molecule has 0 saturated carbocycles. The van der Waals surface area contributed by atoms with Gasteiger partial charge >= 0.3 is 0 Å². The van der Waals surface area contributed by atoms with Crippen LogP contribution in [-0.4, -0.2) is 11.8 Å². The molecule has 3 aromatic carbocycles. The Morgan fingerprint density at radius 2 is 1.41 bits per heavy atom. The lowest BCUT2D eigenvalue weighted by atomic mass is 10.1. The van der Waals surface area contributed by atoms with Gasteiger partial charge in [-0.2, -0.15) is 0 Å². The van der Waals surface area contributed by atoms with Crippen molar-refractivity contribution in [1.29, 1.82) is 0 Å². The van der Waals surface area contributed by atoms with Gasteiger partial charge in [0.25, 0.3) is 11.8 Å². The van der Waals surface area contributed by atoms with Gasteiger partial charge in [-0.3, -0.25) is 9.59 Å². The predicted octanol–water partition coefficient (Wildman–Crippen LogP) is 6.91. The number of carbonyl (C=O) groups excluding carboxylic acids is 2. The molecule has 32 heavy (non-hydrogen) atoms. The molecule has 162 valence electrons. The Labute approximate surface area is 201 Å². The van der Waals surface area contributed by atoms with E-state index in [0.29, 0.717) is 20.6 Å². The molecule has 2 amide bonds. The third-order valence-electron chi connectivity index (χ3n) is 4.97. The van der Waals surface area contributed by atoms with Crippen LogP contribution >= 0.6 is 35.0 Å². The summed E-state index contributed by atoms with van der Waals surface area (Å²) in [6, 6.07) is 18.2. The molecule has 0 radical (unpaired) electrons. The van der Waals surface area contributed by atoms with Crippen molar-refractivity contribution in [3.8, 4) is 0 Å². The molecule has 4 nitrogen and oxygen atoms in total. The summed E-state index contributed by atoms with van der Waals surface area (Å²) in [5.41, 5.74) is 4.36. The van der Waals surface area contributed by atoms with Gasteiger partial charge in [-0.05, 0) is 92.1 Å². The number of benzene rings is 3. The number of nitrogens with one attached hydrogen (secondary N) is 1. The van der Waals surface area contributed by atoms with Gasteiger partial charge in [0.15, 0.2) is 0 Å². The summed E-state index contributed by atoms with van der Waals surface area (Å²) in [7, 11) is 0. The maximum absolute atomic E-state index is 13.5. The van der Waals surface area contributed by atoms with Crippen LogP contribution in [0.25, 0.3) is 0 Å². The molecular weight excluding hydrogens is 463 g/mol. The van der Waals surface area contributed by atoms with E-state index < -0.39 is 5.91 Å². The number of anilines is 2. The van der Waals surface area contributed by atoms with Crippen molar-refractivity contribution in [1.82, 2.24) is 0 Å². The number of amides is 2. The first-order chi connectivity index (χ1) is 15.2. The Morgan fingerprint density at radius 1 is 0.781 bits per heavy atom. The van der Waals surface area contributed by atoms with E-state index in [-0.39, 0.29) is 11.6 Å². The number of aryl methyl sites for hydroxylation is 3. The molecule has 7 heteroatoms. The zero-order chi connectivity index (χ0) is 23.0. The van der Waals surface area contributed by atoms with E-state index in [1.807, 2.05) is 51.1 Å². The van der Waals surface area contributed by atoms with Gasteiger partial charge in [0.1, 0.15) is 10.6 Å². The highest BCUT2D eigenvalue weighted by molar-refractivity contribution is 8.04. The Balaban J connectivity index is 1.78. The quantitative estimate of drug-likeness (QED) is 0.401. The van der Waals surface area contributed by atoms with Crippen molar-refractivity contribution in [2.75, 3.05) is 10.2 Å². The van der Waals surface area contributed by atoms with Crippen LogP contribution in [0.1, 0.15) is 16.7 Å². The standard InChI is InChI=1S/C25H20Cl2N2O2S/c1-14-10-15(2)12-19(11-14)28-22-23(32-20-7-4-17(26)5-8-20)25(31)29(24(22)30)21-9-6-18(27)13-16(21)3/h4-13,28H,1-3H3. The van der Waals surface area contributed by atoms with Gasteiger partial charge in [-0.25, -0.2) is 4.90 Å².